The van der Waals surface area contributed by atoms with Gasteiger partial charge in [-0.25, -0.2) is 0 Å². The quantitative estimate of drug-likeness (QED) is 0.580. The third kappa shape index (κ3) is 4.87. The zero-order chi connectivity index (χ0) is 20.2. The van der Waals surface area contributed by atoms with Gasteiger partial charge in [0, 0.05) is 6.07 Å². The van der Waals surface area contributed by atoms with E-state index in [0.717, 1.165) is 6.07 Å². The molecule has 2 aromatic carbocycles. The number of nitrogens with one attached hydrogen (secondary N) is 2. The van der Waals surface area contributed by atoms with Crippen molar-refractivity contribution in [2.75, 3.05) is 17.7 Å². The van der Waals surface area contributed by atoms with E-state index in [1.807, 2.05) is 0 Å². The summed E-state index contributed by atoms with van der Waals surface area (Å²) in [4.78, 5) is 22.5. The zero-order valence-electron chi connectivity index (χ0n) is 14.3. The molecule has 2 aromatic rings. The number of hydrogen-bond donors (Lipinski definition) is 2. The maximum Gasteiger partial charge on any atom is 0.416 e. The fraction of sp³-hybridized carbons (Fsp3) is 0.235. The van der Waals surface area contributed by atoms with Crippen LogP contribution in [0.25, 0.3) is 0 Å². The van der Waals surface area contributed by atoms with Gasteiger partial charge in [-0.05, 0) is 31.2 Å². The summed E-state index contributed by atoms with van der Waals surface area (Å²) in [6, 6.07) is 7.71. The number of anilines is 2. The summed E-state index contributed by atoms with van der Waals surface area (Å²) in [6.07, 6.45) is -4.71. The molecule has 0 bridgehead atoms. The van der Waals surface area contributed by atoms with E-state index in [2.05, 4.69) is 10.6 Å². The van der Waals surface area contributed by atoms with Crippen LogP contribution in [0.5, 0.6) is 5.75 Å². The largest absolute Gasteiger partial charge is 0.495 e. The van der Waals surface area contributed by atoms with Gasteiger partial charge >= 0.3 is 6.18 Å². The van der Waals surface area contributed by atoms with Crippen LogP contribution < -0.4 is 15.4 Å². The standard InChI is InChI=1S/C17H16F3N3O4/c1-10(16(24)22-13-5-3-4-6-15(13)27-2)21-12-8-7-11(17(18,19)20)9-14(12)23(25)26/h3-10,21H,1-2H3,(H,22,24)/t10-/m1/s1. The van der Waals surface area contributed by atoms with Crippen molar-refractivity contribution >= 4 is 23.0 Å². The number of ether oxygens (including phenoxy) is 1. The smallest absolute Gasteiger partial charge is 0.416 e. The van der Waals surface area contributed by atoms with Crippen molar-refractivity contribution in [1.82, 2.24) is 0 Å². The molecule has 0 aromatic heterocycles. The highest BCUT2D eigenvalue weighted by atomic mass is 19.4. The highest BCUT2D eigenvalue weighted by Gasteiger charge is 2.33. The summed E-state index contributed by atoms with van der Waals surface area (Å²) in [5, 5.41) is 16.3. The van der Waals surface area contributed by atoms with Crippen molar-refractivity contribution < 1.29 is 27.6 Å². The van der Waals surface area contributed by atoms with Crippen LogP contribution in [0.2, 0.25) is 0 Å². The molecule has 0 aliphatic carbocycles. The lowest BCUT2D eigenvalue weighted by atomic mass is 10.1. The van der Waals surface area contributed by atoms with E-state index in [1.54, 1.807) is 24.3 Å². The fourth-order valence-corrected chi connectivity index (χ4v) is 2.27. The van der Waals surface area contributed by atoms with E-state index in [-0.39, 0.29) is 5.69 Å². The van der Waals surface area contributed by atoms with E-state index < -0.39 is 34.3 Å². The van der Waals surface area contributed by atoms with Gasteiger partial charge in [-0.3, -0.25) is 14.9 Å². The second-order valence-corrected chi connectivity index (χ2v) is 5.54. The molecule has 0 unspecified atom stereocenters. The minimum Gasteiger partial charge on any atom is -0.495 e. The first-order valence-electron chi connectivity index (χ1n) is 7.69. The summed E-state index contributed by atoms with van der Waals surface area (Å²) in [6.45, 7) is 1.42. The number of halogens is 3. The van der Waals surface area contributed by atoms with E-state index in [9.17, 15) is 28.1 Å². The lowest BCUT2D eigenvalue weighted by molar-refractivity contribution is -0.384. The highest BCUT2D eigenvalue weighted by Crippen LogP contribution is 2.35. The minimum atomic E-state index is -4.71. The SMILES string of the molecule is COc1ccccc1NC(=O)[C@@H](C)Nc1ccc(C(F)(F)F)cc1[N+](=O)[O-]. The predicted molar refractivity (Wildman–Crippen MR) is 92.8 cm³/mol. The predicted octanol–water partition coefficient (Wildman–Crippen LogP) is 4.06. The molecule has 2 N–H and O–H groups in total. The Kier molecular flexibility index (Phi) is 5.88. The minimum absolute atomic E-state index is 0.198. The summed E-state index contributed by atoms with van der Waals surface area (Å²) in [5.41, 5.74) is -1.73. The maximum absolute atomic E-state index is 12.7. The molecular formula is C17H16F3N3O4. The number of nitro benzene ring substituents is 1. The van der Waals surface area contributed by atoms with Crippen LogP contribution in [0.3, 0.4) is 0 Å². The van der Waals surface area contributed by atoms with Crippen molar-refractivity contribution in [3.05, 3.63) is 58.1 Å². The van der Waals surface area contributed by atoms with Gasteiger partial charge in [-0.15, -0.1) is 0 Å². The number of nitro groups is 1. The molecule has 10 heteroatoms. The number of hydrogen-bond acceptors (Lipinski definition) is 5. The molecule has 0 saturated carbocycles. The van der Waals surface area contributed by atoms with Crippen molar-refractivity contribution in [3.8, 4) is 5.75 Å². The summed E-state index contributed by atoms with van der Waals surface area (Å²) < 4.78 is 43.4. The van der Waals surface area contributed by atoms with Crippen LogP contribution in [-0.2, 0) is 11.0 Å². The number of rotatable bonds is 6. The van der Waals surface area contributed by atoms with Gasteiger partial charge in [0.05, 0.1) is 23.3 Å². The zero-order valence-corrected chi connectivity index (χ0v) is 14.3. The Morgan fingerprint density at radius 2 is 1.85 bits per heavy atom. The van der Waals surface area contributed by atoms with Crippen molar-refractivity contribution in [3.63, 3.8) is 0 Å². The molecule has 1 atom stereocenters. The summed E-state index contributed by atoms with van der Waals surface area (Å²) in [5.74, 6) is -0.132. The van der Waals surface area contributed by atoms with Crippen molar-refractivity contribution in [2.24, 2.45) is 0 Å². The van der Waals surface area contributed by atoms with E-state index in [0.29, 0.717) is 23.6 Å². The number of amides is 1. The summed E-state index contributed by atoms with van der Waals surface area (Å²) >= 11 is 0. The molecule has 0 aliphatic heterocycles. The average Bonchev–Trinajstić information content (AvgIpc) is 2.61. The number of benzene rings is 2. The van der Waals surface area contributed by atoms with Gasteiger partial charge in [0.25, 0.3) is 5.69 Å². The van der Waals surface area contributed by atoms with E-state index >= 15 is 0 Å². The Labute approximate surface area is 152 Å². The normalized spacial score (nSPS) is 12.2. The van der Waals surface area contributed by atoms with Crippen molar-refractivity contribution in [2.45, 2.75) is 19.1 Å². The maximum atomic E-state index is 12.7. The second kappa shape index (κ2) is 7.94. The van der Waals surface area contributed by atoms with Crippen LogP contribution in [0, 0.1) is 10.1 Å². The topological polar surface area (TPSA) is 93.5 Å². The van der Waals surface area contributed by atoms with Gasteiger partial charge in [-0.2, -0.15) is 13.2 Å². The van der Waals surface area contributed by atoms with Crippen LogP contribution in [0.15, 0.2) is 42.5 Å². The first kappa shape index (κ1) is 20.0. The Hall–Kier alpha value is -3.30. The molecule has 0 aliphatic rings. The third-order valence-electron chi connectivity index (χ3n) is 3.65. The van der Waals surface area contributed by atoms with Gasteiger partial charge in [0.2, 0.25) is 5.91 Å². The fourth-order valence-electron chi connectivity index (χ4n) is 2.27. The molecule has 0 fully saturated rings. The molecule has 144 valence electrons. The molecule has 7 nitrogen and oxygen atoms in total. The Bertz CT molecular complexity index is 856. The van der Waals surface area contributed by atoms with Gasteiger partial charge in [-0.1, -0.05) is 12.1 Å². The lowest BCUT2D eigenvalue weighted by Crippen LogP contribution is -2.32. The first-order chi connectivity index (χ1) is 12.6. The number of carbonyl (C=O) groups is 1. The molecule has 1 amide bonds. The summed E-state index contributed by atoms with van der Waals surface area (Å²) in [7, 11) is 1.43. The van der Waals surface area contributed by atoms with E-state index in [1.165, 1.54) is 14.0 Å². The van der Waals surface area contributed by atoms with Crippen LogP contribution in [0.1, 0.15) is 12.5 Å². The third-order valence-corrected chi connectivity index (χ3v) is 3.65. The highest BCUT2D eigenvalue weighted by molar-refractivity contribution is 5.97. The number of carbonyl (C=O) groups excluding carboxylic acids is 1. The molecule has 2 rings (SSSR count). The van der Waals surface area contributed by atoms with E-state index in [4.69, 9.17) is 4.74 Å². The molecule has 0 radical (unpaired) electrons. The van der Waals surface area contributed by atoms with Crippen LogP contribution in [-0.4, -0.2) is 24.0 Å². The Balaban J connectivity index is 2.20. The molecule has 27 heavy (non-hydrogen) atoms. The first-order valence-corrected chi connectivity index (χ1v) is 7.69. The molecule has 0 saturated heterocycles. The average molecular weight is 383 g/mol. The number of nitrogens with zero attached hydrogens (tertiary/aromatic N) is 1. The Morgan fingerprint density at radius 1 is 1.19 bits per heavy atom. The lowest BCUT2D eigenvalue weighted by Gasteiger charge is -2.17. The van der Waals surface area contributed by atoms with Gasteiger partial charge < -0.3 is 15.4 Å². The van der Waals surface area contributed by atoms with Gasteiger partial charge in [0.15, 0.2) is 0 Å². The number of para-hydroxylation sites is 2. The molecule has 0 heterocycles. The van der Waals surface area contributed by atoms with Crippen molar-refractivity contribution in [1.29, 1.82) is 0 Å². The number of methoxy groups -OCH3 is 1. The second-order valence-electron chi connectivity index (χ2n) is 5.54. The molecular weight excluding hydrogens is 367 g/mol. The molecule has 0 spiro atoms. The monoisotopic (exact) mass is 383 g/mol. The van der Waals surface area contributed by atoms with Crippen LogP contribution >= 0.6 is 0 Å². The van der Waals surface area contributed by atoms with Crippen LogP contribution in [0.4, 0.5) is 30.2 Å². The Morgan fingerprint density at radius 3 is 2.44 bits per heavy atom. The van der Waals surface area contributed by atoms with Gasteiger partial charge in [0.1, 0.15) is 17.5 Å². The number of alkyl halides is 3.